The molecule has 196 valence electrons. The standard InChI is InChI=1S/C32H41N3O2/c1-7-28(25-16-12-9-13-17-25)31(37)35(22-24-14-10-8-11-15-24)23-26-20-27(18-19-29(26)34(5)6)33-30(36)21-32(2,3)4/h8-20,28H,7,21-23H2,1-6H3,(H,33,36)/t28-/m0/s1. The van der Waals surface area contributed by atoms with Gasteiger partial charge in [-0.25, -0.2) is 0 Å². The lowest BCUT2D eigenvalue weighted by atomic mass is 9.92. The first-order valence-corrected chi connectivity index (χ1v) is 13.0. The maximum atomic E-state index is 14.0. The number of carbonyl (C=O) groups is 2. The van der Waals surface area contributed by atoms with Crippen LogP contribution in [0.25, 0.3) is 0 Å². The van der Waals surface area contributed by atoms with Gasteiger partial charge in [0.1, 0.15) is 0 Å². The fourth-order valence-electron chi connectivity index (χ4n) is 4.59. The summed E-state index contributed by atoms with van der Waals surface area (Å²) in [6.45, 7) is 9.17. The number of rotatable bonds is 10. The van der Waals surface area contributed by atoms with E-state index in [1.165, 1.54) is 0 Å². The van der Waals surface area contributed by atoms with E-state index in [9.17, 15) is 9.59 Å². The zero-order valence-corrected chi connectivity index (χ0v) is 23.1. The predicted molar refractivity (Wildman–Crippen MR) is 154 cm³/mol. The van der Waals surface area contributed by atoms with Crippen LogP contribution >= 0.6 is 0 Å². The quantitative estimate of drug-likeness (QED) is 0.332. The Morgan fingerprint density at radius 3 is 2.05 bits per heavy atom. The van der Waals surface area contributed by atoms with Crippen LogP contribution in [0.3, 0.4) is 0 Å². The van der Waals surface area contributed by atoms with Gasteiger partial charge in [-0.3, -0.25) is 9.59 Å². The SMILES string of the molecule is CC[C@H](C(=O)N(Cc1ccccc1)Cc1cc(NC(=O)CC(C)(C)C)ccc1N(C)C)c1ccccc1. The molecule has 0 unspecified atom stereocenters. The first kappa shape index (κ1) is 28.0. The Hall–Kier alpha value is -3.60. The minimum absolute atomic E-state index is 0.0107. The number of nitrogens with zero attached hydrogens (tertiary/aromatic N) is 2. The van der Waals surface area contributed by atoms with Crippen LogP contribution in [0.4, 0.5) is 11.4 Å². The maximum Gasteiger partial charge on any atom is 0.230 e. The Balaban J connectivity index is 1.96. The average molecular weight is 500 g/mol. The van der Waals surface area contributed by atoms with Gasteiger partial charge < -0.3 is 15.1 Å². The van der Waals surface area contributed by atoms with Crippen LogP contribution in [-0.4, -0.2) is 30.8 Å². The molecule has 0 spiro atoms. The van der Waals surface area contributed by atoms with E-state index in [1.54, 1.807) is 0 Å². The molecule has 0 fully saturated rings. The summed E-state index contributed by atoms with van der Waals surface area (Å²) < 4.78 is 0. The van der Waals surface area contributed by atoms with Gasteiger partial charge in [-0.1, -0.05) is 88.4 Å². The molecule has 0 saturated carbocycles. The highest BCUT2D eigenvalue weighted by molar-refractivity contribution is 5.91. The molecule has 0 aliphatic carbocycles. The zero-order valence-electron chi connectivity index (χ0n) is 23.1. The number of benzene rings is 3. The normalized spacial score (nSPS) is 12.1. The van der Waals surface area contributed by atoms with Gasteiger partial charge in [0.2, 0.25) is 11.8 Å². The summed E-state index contributed by atoms with van der Waals surface area (Å²) in [5, 5.41) is 3.06. The second-order valence-corrected chi connectivity index (χ2v) is 11.1. The zero-order chi connectivity index (χ0) is 27.0. The fraction of sp³-hybridized carbons (Fsp3) is 0.375. The molecule has 1 N–H and O–H groups in total. The van der Waals surface area contributed by atoms with Gasteiger partial charge in [0.15, 0.2) is 0 Å². The second-order valence-electron chi connectivity index (χ2n) is 11.1. The van der Waals surface area contributed by atoms with Crippen molar-refractivity contribution in [3.8, 4) is 0 Å². The molecule has 5 heteroatoms. The average Bonchev–Trinajstić information content (AvgIpc) is 2.84. The van der Waals surface area contributed by atoms with E-state index in [-0.39, 0.29) is 23.1 Å². The summed E-state index contributed by atoms with van der Waals surface area (Å²) in [6, 6.07) is 26.1. The van der Waals surface area contributed by atoms with Crippen molar-refractivity contribution in [2.45, 2.75) is 59.5 Å². The van der Waals surface area contributed by atoms with Gasteiger partial charge in [-0.2, -0.15) is 0 Å². The predicted octanol–water partition coefficient (Wildman–Crippen LogP) is 6.85. The van der Waals surface area contributed by atoms with E-state index < -0.39 is 0 Å². The molecule has 0 aromatic heterocycles. The fourth-order valence-corrected chi connectivity index (χ4v) is 4.59. The van der Waals surface area contributed by atoms with E-state index in [1.807, 2.05) is 85.7 Å². The molecule has 0 radical (unpaired) electrons. The number of carbonyl (C=O) groups excluding carboxylic acids is 2. The van der Waals surface area contributed by atoms with E-state index in [0.29, 0.717) is 19.5 Å². The summed E-state index contributed by atoms with van der Waals surface area (Å²) in [5.41, 5.74) is 4.78. The topological polar surface area (TPSA) is 52.7 Å². The lowest BCUT2D eigenvalue weighted by molar-refractivity contribution is -0.134. The second kappa shape index (κ2) is 12.6. The Bertz CT molecular complexity index is 1170. The number of hydrogen-bond donors (Lipinski definition) is 1. The third-order valence-electron chi connectivity index (χ3n) is 6.33. The van der Waals surface area contributed by atoms with Crippen LogP contribution in [0.1, 0.15) is 63.1 Å². The van der Waals surface area contributed by atoms with Gasteiger partial charge in [0.05, 0.1) is 5.92 Å². The molecular formula is C32H41N3O2. The van der Waals surface area contributed by atoms with Gasteiger partial charge in [-0.05, 0) is 46.7 Å². The molecule has 1 atom stereocenters. The highest BCUT2D eigenvalue weighted by Gasteiger charge is 2.26. The molecule has 0 saturated heterocycles. The number of anilines is 2. The summed E-state index contributed by atoms with van der Waals surface area (Å²) in [5.74, 6) is -0.129. The lowest BCUT2D eigenvalue weighted by Gasteiger charge is -2.29. The molecule has 0 heterocycles. The van der Waals surface area contributed by atoms with Crippen molar-refractivity contribution in [2.75, 3.05) is 24.3 Å². The minimum atomic E-state index is -0.220. The summed E-state index contributed by atoms with van der Waals surface area (Å²) in [6.07, 6.45) is 1.16. The summed E-state index contributed by atoms with van der Waals surface area (Å²) >= 11 is 0. The van der Waals surface area contributed by atoms with Crippen LogP contribution in [-0.2, 0) is 22.7 Å². The van der Waals surface area contributed by atoms with Crippen LogP contribution in [0.2, 0.25) is 0 Å². The molecule has 2 amide bonds. The number of amides is 2. The highest BCUT2D eigenvalue weighted by Crippen LogP contribution is 2.29. The Morgan fingerprint density at radius 2 is 1.49 bits per heavy atom. The number of hydrogen-bond acceptors (Lipinski definition) is 3. The van der Waals surface area contributed by atoms with E-state index in [2.05, 4.69) is 50.0 Å². The minimum Gasteiger partial charge on any atom is -0.377 e. The molecule has 0 aliphatic heterocycles. The third kappa shape index (κ3) is 8.21. The molecular weight excluding hydrogens is 458 g/mol. The number of nitrogens with one attached hydrogen (secondary N) is 1. The summed E-state index contributed by atoms with van der Waals surface area (Å²) in [7, 11) is 4.00. The van der Waals surface area contributed by atoms with Gasteiger partial charge >= 0.3 is 0 Å². The highest BCUT2D eigenvalue weighted by atomic mass is 16.2. The first-order valence-electron chi connectivity index (χ1n) is 13.0. The van der Waals surface area contributed by atoms with Crippen LogP contribution in [0, 0.1) is 5.41 Å². The Kier molecular flexibility index (Phi) is 9.51. The molecule has 3 rings (SSSR count). The van der Waals surface area contributed by atoms with E-state index >= 15 is 0 Å². The van der Waals surface area contributed by atoms with Crippen LogP contribution < -0.4 is 10.2 Å². The van der Waals surface area contributed by atoms with Crippen molar-refractivity contribution < 1.29 is 9.59 Å². The molecule has 37 heavy (non-hydrogen) atoms. The smallest absolute Gasteiger partial charge is 0.230 e. The molecule has 3 aromatic carbocycles. The Labute approximate surface area is 222 Å². The molecule has 5 nitrogen and oxygen atoms in total. The largest absolute Gasteiger partial charge is 0.377 e. The van der Waals surface area contributed by atoms with Gasteiger partial charge in [-0.15, -0.1) is 0 Å². The first-order chi connectivity index (χ1) is 17.6. The van der Waals surface area contributed by atoms with Crippen molar-refractivity contribution in [3.05, 3.63) is 95.6 Å². The Morgan fingerprint density at radius 1 is 0.865 bits per heavy atom. The van der Waals surface area contributed by atoms with Crippen molar-refractivity contribution in [1.29, 1.82) is 0 Å². The van der Waals surface area contributed by atoms with Crippen molar-refractivity contribution in [1.82, 2.24) is 4.90 Å². The van der Waals surface area contributed by atoms with Crippen LogP contribution in [0.5, 0.6) is 0 Å². The molecule has 0 aliphatic rings. The van der Waals surface area contributed by atoms with Gasteiger partial charge in [0, 0.05) is 45.0 Å². The van der Waals surface area contributed by atoms with Crippen molar-refractivity contribution in [2.24, 2.45) is 5.41 Å². The van der Waals surface area contributed by atoms with Gasteiger partial charge in [0.25, 0.3) is 0 Å². The molecule has 0 bridgehead atoms. The van der Waals surface area contributed by atoms with Crippen molar-refractivity contribution >= 4 is 23.2 Å². The monoisotopic (exact) mass is 499 g/mol. The van der Waals surface area contributed by atoms with E-state index in [4.69, 9.17) is 0 Å². The molecule has 3 aromatic rings. The lowest BCUT2D eigenvalue weighted by Crippen LogP contribution is -2.34. The summed E-state index contributed by atoms with van der Waals surface area (Å²) in [4.78, 5) is 30.7. The maximum absolute atomic E-state index is 14.0. The van der Waals surface area contributed by atoms with E-state index in [0.717, 1.165) is 34.5 Å². The third-order valence-corrected chi connectivity index (χ3v) is 6.33. The van der Waals surface area contributed by atoms with Crippen molar-refractivity contribution in [3.63, 3.8) is 0 Å². The van der Waals surface area contributed by atoms with Crippen LogP contribution in [0.15, 0.2) is 78.9 Å².